The molecule has 0 aliphatic carbocycles. The number of unbranched alkanes of at least 4 members (excludes halogenated alkanes) is 1. The van der Waals surface area contributed by atoms with Crippen molar-refractivity contribution in [2.24, 2.45) is 39.6 Å². The van der Waals surface area contributed by atoms with Crippen molar-refractivity contribution in [3.63, 3.8) is 0 Å². The minimum Gasteiger partial charge on any atom is -0.481 e. The first kappa shape index (κ1) is 62.8. The van der Waals surface area contributed by atoms with Gasteiger partial charge in [0, 0.05) is 25.8 Å². The zero-order chi connectivity index (χ0) is 53.7. The number of hydrogen-bond acceptors (Lipinski definition) is 16. The number of guanidine groups is 1. The standard InChI is InChI=1S/C40H69N13O17/c1-19(2)16-25(36(66)53-27(18-54)38(68)50-24(39(69)70)10-13-30(58)59)51-33(63)21(6-3-4-14-41)48-35(65)23(9-11-28(43)55)49-37(67)26(17-31(60)61)52-34(64)22(7-5-15-46-40(44)45)47-32(62)20(42)8-12-29(56)57/h19-27,54H,3-18,41-42H2,1-2H3,(H2,43,55)(H,47,62)(H,48,65)(H,49,67)(H,50,68)(H,51,63)(H,52,64)(H,53,66)(H,56,57)(H,58,59)(H,60,61)(H,69,70)(H4,44,45,46)/t20-,21-,22-,23-,24-,25-,26-,27-/m0/s1. The van der Waals surface area contributed by atoms with E-state index in [0.29, 0.717) is 6.42 Å². The fourth-order valence-corrected chi connectivity index (χ4v) is 6.22. The Kier molecular flexibility index (Phi) is 29.9. The maximum atomic E-state index is 13.9. The number of nitrogens with two attached hydrogens (primary N) is 5. The minimum absolute atomic E-state index is 0.0432. The average Bonchev–Trinajstić information content (AvgIpc) is 3.26. The maximum Gasteiger partial charge on any atom is 0.326 e. The second-order valence-electron chi connectivity index (χ2n) is 16.4. The van der Waals surface area contributed by atoms with Gasteiger partial charge in [-0.3, -0.25) is 57.7 Å². The summed E-state index contributed by atoms with van der Waals surface area (Å²) >= 11 is 0. The average molecular weight is 1000 g/mol. The Bertz CT molecular complexity index is 1860. The SMILES string of the molecule is CC(C)C[C@H](NC(=O)[C@H](CCCCN)NC(=O)[C@H](CCC(N)=O)NC(=O)[C@H](CC(=O)O)NC(=O)[C@H](CCCN=C(N)N)NC(=O)[C@@H](N)CCC(=O)O)C(=O)N[C@@H](CO)C(=O)N[C@@H](CCC(=O)O)C(=O)O. The van der Waals surface area contributed by atoms with Gasteiger partial charge in [0.05, 0.1) is 19.1 Å². The fraction of sp³-hybridized carbons (Fsp3) is 0.675. The first-order chi connectivity index (χ1) is 32.7. The highest BCUT2D eigenvalue weighted by molar-refractivity contribution is 5.98. The zero-order valence-electron chi connectivity index (χ0n) is 39.0. The van der Waals surface area contributed by atoms with E-state index in [1.165, 1.54) is 0 Å². The van der Waals surface area contributed by atoms with Crippen LogP contribution in [-0.2, 0) is 57.5 Å². The van der Waals surface area contributed by atoms with Crippen LogP contribution >= 0.6 is 0 Å². The second kappa shape index (κ2) is 33.3. The van der Waals surface area contributed by atoms with Crippen molar-refractivity contribution in [1.29, 1.82) is 0 Å². The van der Waals surface area contributed by atoms with Crippen molar-refractivity contribution >= 4 is 77.1 Å². The molecule has 0 saturated heterocycles. The van der Waals surface area contributed by atoms with E-state index in [-0.39, 0.29) is 63.5 Å². The molecule has 0 aliphatic rings. The highest BCUT2D eigenvalue weighted by atomic mass is 16.4. The number of nitrogens with one attached hydrogen (secondary N) is 7. The molecular formula is C40H69N13O17. The molecule has 0 aromatic carbocycles. The summed E-state index contributed by atoms with van der Waals surface area (Å²) in [5.74, 6) is -15.1. The Labute approximate surface area is 401 Å². The fourth-order valence-electron chi connectivity index (χ4n) is 6.22. The van der Waals surface area contributed by atoms with Crippen molar-refractivity contribution < 1.29 is 83.1 Å². The van der Waals surface area contributed by atoms with Crippen LogP contribution in [0.4, 0.5) is 0 Å². The smallest absolute Gasteiger partial charge is 0.326 e. The summed E-state index contributed by atoms with van der Waals surface area (Å²) < 4.78 is 0. The van der Waals surface area contributed by atoms with Crippen LogP contribution in [0.15, 0.2) is 4.99 Å². The molecule has 0 bridgehead atoms. The molecule has 8 amide bonds. The lowest BCUT2D eigenvalue weighted by Crippen LogP contribution is -2.60. The van der Waals surface area contributed by atoms with Gasteiger partial charge in [-0.05, 0) is 70.3 Å². The lowest BCUT2D eigenvalue weighted by Gasteiger charge is -2.28. The van der Waals surface area contributed by atoms with Crippen LogP contribution in [0.3, 0.4) is 0 Å². The molecule has 8 atom stereocenters. The van der Waals surface area contributed by atoms with Crippen LogP contribution < -0.4 is 65.9 Å². The first-order valence-electron chi connectivity index (χ1n) is 22.1. The van der Waals surface area contributed by atoms with Crippen LogP contribution in [0.2, 0.25) is 0 Å². The molecule has 0 heterocycles. The van der Waals surface area contributed by atoms with Crippen molar-refractivity contribution in [2.75, 3.05) is 19.7 Å². The zero-order valence-corrected chi connectivity index (χ0v) is 39.0. The first-order valence-corrected chi connectivity index (χ1v) is 22.1. The summed E-state index contributed by atoms with van der Waals surface area (Å²) in [6.07, 6.45) is -4.02. The lowest BCUT2D eigenvalue weighted by molar-refractivity contribution is -0.144. The summed E-state index contributed by atoms with van der Waals surface area (Å²) in [5, 5.41) is 62.9. The van der Waals surface area contributed by atoms with Gasteiger partial charge >= 0.3 is 23.9 Å². The van der Waals surface area contributed by atoms with Gasteiger partial charge < -0.3 is 91.4 Å². The molecule has 0 aliphatic heterocycles. The van der Waals surface area contributed by atoms with Gasteiger partial charge in [0.1, 0.15) is 42.3 Å². The van der Waals surface area contributed by atoms with E-state index in [1.54, 1.807) is 13.8 Å². The van der Waals surface area contributed by atoms with Gasteiger partial charge in [-0.25, -0.2) is 4.79 Å². The van der Waals surface area contributed by atoms with Gasteiger partial charge in [0.2, 0.25) is 47.3 Å². The molecule has 0 aromatic heterocycles. The van der Waals surface area contributed by atoms with E-state index < -0.39 is 165 Å². The third kappa shape index (κ3) is 27.0. The van der Waals surface area contributed by atoms with Gasteiger partial charge in [0.15, 0.2) is 5.96 Å². The molecule has 0 saturated carbocycles. The van der Waals surface area contributed by atoms with E-state index in [4.69, 9.17) is 38.9 Å². The molecule has 30 nitrogen and oxygen atoms in total. The molecule has 0 aromatic rings. The molecule has 396 valence electrons. The van der Waals surface area contributed by atoms with E-state index in [9.17, 15) is 72.9 Å². The molecule has 0 spiro atoms. The number of hydrogen-bond donors (Lipinski definition) is 17. The number of primary amides is 1. The Balaban J connectivity index is 6.65. The van der Waals surface area contributed by atoms with Crippen LogP contribution in [0.5, 0.6) is 0 Å². The lowest BCUT2D eigenvalue weighted by atomic mass is 10.0. The minimum atomic E-state index is -1.96. The molecular weight excluding hydrogens is 935 g/mol. The van der Waals surface area contributed by atoms with E-state index >= 15 is 0 Å². The van der Waals surface area contributed by atoms with Gasteiger partial charge in [-0.2, -0.15) is 0 Å². The number of aliphatic hydroxyl groups excluding tert-OH is 1. The summed E-state index contributed by atoms with van der Waals surface area (Å²) in [7, 11) is 0. The Hall–Kier alpha value is -7.21. The van der Waals surface area contributed by atoms with Crippen molar-refractivity contribution in [3.05, 3.63) is 0 Å². The molecule has 0 rings (SSSR count). The molecule has 30 heteroatoms. The van der Waals surface area contributed by atoms with Crippen molar-refractivity contribution in [2.45, 2.75) is 146 Å². The Morgan fingerprint density at radius 1 is 0.486 bits per heavy atom. The number of amides is 8. The third-order valence-electron chi connectivity index (χ3n) is 9.91. The second-order valence-corrected chi connectivity index (χ2v) is 16.4. The topological polar surface area (TPSA) is 533 Å². The van der Waals surface area contributed by atoms with E-state index in [1.807, 2.05) is 5.32 Å². The monoisotopic (exact) mass is 1000 g/mol. The van der Waals surface area contributed by atoms with Crippen molar-refractivity contribution in [1.82, 2.24) is 37.2 Å². The largest absolute Gasteiger partial charge is 0.481 e. The third-order valence-corrected chi connectivity index (χ3v) is 9.91. The number of aliphatic carboxylic acids is 4. The number of carboxylic acids is 4. The van der Waals surface area contributed by atoms with Crippen LogP contribution in [-0.4, -0.2) is 171 Å². The summed E-state index contributed by atoms with van der Waals surface area (Å²) in [6, 6.07) is -13.1. The molecule has 0 unspecified atom stereocenters. The number of carboxylic acid groups (broad SMARTS) is 4. The predicted octanol–water partition coefficient (Wildman–Crippen LogP) is -6.52. The molecule has 22 N–H and O–H groups in total. The van der Waals surface area contributed by atoms with E-state index in [0.717, 1.165) is 0 Å². The number of aliphatic hydroxyl groups is 1. The Morgan fingerprint density at radius 3 is 1.37 bits per heavy atom. The summed E-state index contributed by atoms with van der Waals surface area (Å²) in [6.45, 7) is 2.39. The van der Waals surface area contributed by atoms with Gasteiger partial charge in [0.25, 0.3) is 0 Å². The summed E-state index contributed by atoms with van der Waals surface area (Å²) in [4.78, 5) is 156. The quantitative estimate of drug-likeness (QED) is 0.0156. The van der Waals surface area contributed by atoms with Crippen LogP contribution in [0, 0.1) is 5.92 Å². The Morgan fingerprint density at radius 2 is 0.900 bits per heavy atom. The number of carbonyl (C=O) groups is 12. The number of nitrogens with zero attached hydrogens (tertiary/aromatic N) is 1. The number of aliphatic imine (C=N–C) groups is 1. The molecule has 70 heavy (non-hydrogen) atoms. The molecule has 0 fully saturated rings. The van der Waals surface area contributed by atoms with Crippen molar-refractivity contribution in [3.8, 4) is 0 Å². The van der Waals surface area contributed by atoms with Gasteiger partial charge in [-0.15, -0.1) is 0 Å². The maximum absolute atomic E-state index is 13.9. The molecule has 0 radical (unpaired) electrons. The van der Waals surface area contributed by atoms with Gasteiger partial charge in [-0.1, -0.05) is 13.8 Å². The highest BCUT2D eigenvalue weighted by Gasteiger charge is 2.35. The predicted molar refractivity (Wildman–Crippen MR) is 243 cm³/mol. The number of rotatable bonds is 37. The normalized spacial score (nSPS) is 14.3. The highest BCUT2D eigenvalue weighted by Crippen LogP contribution is 2.11. The van der Waals surface area contributed by atoms with Crippen LogP contribution in [0.25, 0.3) is 0 Å². The van der Waals surface area contributed by atoms with Crippen LogP contribution in [0.1, 0.15) is 97.3 Å². The van der Waals surface area contributed by atoms with E-state index in [2.05, 4.69) is 36.9 Å². The number of carbonyl (C=O) groups excluding carboxylic acids is 8. The summed E-state index contributed by atoms with van der Waals surface area (Å²) in [5.41, 5.74) is 27.4.